The number of nitrogens with two attached hydrogens (primary N) is 1. The lowest BCUT2D eigenvalue weighted by Crippen LogP contribution is -2.39. The van der Waals surface area contributed by atoms with Gasteiger partial charge < -0.3 is 15.8 Å². The highest BCUT2D eigenvalue weighted by Gasteiger charge is 2.30. The molecule has 2 aromatic rings. The van der Waals surface area contributed by atoms with Crippen molar-refractivity contribution in [2.75, 3.05) is 44.7 Å². The maximum Gasteiger partial charge on any atom is 0.416 e. The first-order valence-corrected chi connectivity index (χ1v) is 8.75. The van der Waals surface area contributed by atoms with Gasteiger partial charge in [-0.25, -0.2) is 9.97 Å². The molecule has 0 unspecified atom stereocenters. The molecule has 0 atom stereocenters. The van der Waals surface area contributed by atoms with E-state index in [2.05, 4.69) is 20.2 Å². The van der Waals surface area contributed by atoms with E-state index in [0.717, 1.165) is 45.0 Å². The van der Waals surface area contributed by atoms with Crippen LogP contribution in [0.15, 0.2) is 30.3 Å². The van der Waals surface area contributed by atoms with E-state index in [-0.39, 0.29) is 6.54 Å². The molecular formula is C18H22F3N5O. The number of benzene rings is 1. The Morgan fingerprint density at radius 2 is 1.81 bits per heavy atom. The standard InChI is InChI=1S/C18H22F3N5O/c19-18(20,21)14-3-1-13(2-4-14)16-11-15(12-22)24-17(25-16)23-5-6-26-7-9-27-10-8-26/h1-4,11H,5-10,12,22H2,(H,23,24,25). The van der Waals surface area contributed by atoms with Crippen molar-refractivity contribution in [3.05, 3.63) is 41.6 Å². The van der Waals surface area contributed by atoms with Crippen molar-refractivity contribution in [3.8, 4) is 11.3 Å². The Labute approximate surface area is 155 Å². The van der Waals surface area contributed by atoms with Gasteiger partial charge in [0, 0.05) is 38.3 Å². The zero-order valence-corrected chi connectivity index (χ0v) is 14.8. The quantitative estimate of drug-likeness (QED) is 0.800. The number of morpholine rings is 1. The van der Waals surface area contributed by atoms with Gasteiger partial charge in [-0.05, 0) is 18.2 Å². The summed E-state index contributed by atoms with van der Waals surface area (Å²) >= 11 is 0. The molecule has 3 rings (SSSR count). The third-order valence-corrected chi connectivity index (χ3v) is 4.31. The Balaban J connectivity index is 1.71. The van der Waals surface area contributed by atoms with E-state index >= 15 is 0 Å². The highest BCUT2D eigenvalue weighted by Crippen LogP contribution is 2.30. The zero-order chi connectivity index (χ0) is 19.3. The second-order valence-electron chi connectivity index (χ2n) is 6.23. The van der Waals surface area contributed by atoms with E-state index in [1.54, 1.807) is 6.07 Å². The lowest BCUT2D eigenvalue weighted by Gasteiger charge is -2.26. The maximum absolute atomic E-state index is 12.7. The molecule has 0 spiro atoms. The maximum atomic E-state index is 12.7. The fourth-order valence-corrected chi connectivity index (χ4v) is 2.81. The summed E-state index contributed by atoms with van der Waals surface area (Å²) in [5, 5.41) is 3.17. The average molecular weight is 381 g/mol. The Bertz CT molecular complexity index is 746. The number of nitrogens with one attached hydrogen (secondary N) is 1. The van der Waals surface area contributed by atoms with Crippen LogP contribution in [-0.4, -0.2) is 54.3 Å². The molecule has 1 aliphatic rings. The van der Waals surface area contributed by atoms with Gasteiger partial charge in [0.25, 0.3) is 0 Å². The molecule has 1 saturated heterocycles. The number of anilines is 1. The molecule has 0 amide bonds. The molecule has 9 heteroatoms. The largest absolute Gasteiger partial charge is 0.416 e. The Morgan fingerprint density at radius 1 is 1.11 bits per heavy atom. The van der Waals surface area contributed by atoms with Crippen LogP contribution in [0, 0.1) is 0 Å². The molecule has 1 aromatic heterocycles. The number of alkyl halides is 3. The van der Waals surface area contributed by atoms with E-state index in [0.29, 0.717) is 29.4 Å². The molecule has 1 fully saturated rings. The van der Waals surface area contributed by atoms with Crippen LogP contribution >= 0.6 is 0 Å². The number of halogens is 3. The van der Waals surface area contributed by atoms with E-state index < -0.39 is 11.7 Å². The molecular weight excluding hydrogens is 359 g/mol. The lowest BCUT2D eigenvalue weighted by molar-refractivity contribution is -0.137. The van der Waals surface area contributed by atoms with Crippen molar-refractivity contribution in [3.63, 3.8) is 0 Å². The summed E-state index contributed by atoms with van der Waals surface area (Å²) in [4.78, 5) is 11.0. The first-order valence-electron chi connectivity index (χ1n) is 8.75. The van der Waals surface area contributed by atoms with Crippen molar-refractivity contribution in [2.45, 2.75) is 12.7 Å². The van der Waals surface area contributed by atoms with Crippen molar-refractivity contribution < 1.29 is 17.9 Å². The topological polar surface area (TPSA) is 76.3 Å². The summed E-state index contributed by atoms with van der Waals surface area (Å²) in [6, 6.07) is 6.60. The normalized spacial score (nSPS) is 15.7. The summed E-state index contributed by atoms with van der Waals surface area (Å²) in [6.07, 6.45) is -4.36. The van der Waals surface area contributed by atoms with Gasteiger partial charge in [-0.15, -0.1) is 0 Å². The summed E-state index contributed by atoms with van der Waals surface area (Å²) in [6.45, 7) is 4.95. The van der Waals surface area contributed by atoms with E-state index in [9.17, 15) is 13.2 Å². The van der Waals surface area contributed by atoms with Crippen LogP contribution < -0.4 is 11.1 Å². The molecule has 0 bridgehead atoms. The number of nitrogens with zero attached hydrogens (tertiary/aromatic N) is 3. The molecule has 0 saturated carbocycles. The molecule has 1 aliphatic heterocycles. The minimum atomic E-state index is -4.36. The number of ether oxygens (including phenoxy) is 1. The summed E-state index contributed by atoms with van der Waals surface area (Å²) < 4.78 is 43.5. The van der Waals surface area contributed by atoms with Crippen LogP contribution in [0.25, 0.3) is 11.3 Å². The van der Waals surface area contributed by atoms with Gasteiger partial charge in [-0.2, -0.15) is 13.2 Å². The predicted octanol–water partition coefficient (Wildman–Crippen LogP) is 2.37. The van der Waals surface area contributed by atoms with Crippen LogP contribution in [0.1, 0.15) is 11.3 Å². The fraction of sp³-hybridized carbons (Fsp3) is 0.444. The highest BCUT2D eigenvalue weighted by molar-refractivity contribution is 5.61. The summed E-state index contributed by atoms with van der Waals surface area (Å²) in [5.74, 6) is 0.418. The Hall–Kier alpha value is -2.23. The van der Waals surface area contributed by atoms with Crippen LogP contribution in [0.4, 0.5) is 19.1 Å². The smallest absolute Gasteiger partial charge is 0.379 e. The number of rotatable bonds is 6. The second kappa shape index (κ2) is 8.64. The third-order valence-electron chi connectivity index (χ3n) is 4.31. The number of hydrogen-bond donors (Lipinski definition) is 2. The lowest BCUT2D eigenvalue weighted by atomic mass is 10.1. The van der Waals surface area contributed by atoms with E-state index in [4.69, 9.17) is 10.5 Å². The Morgan fingerprint density at radius 3 is 2.44 bits per heavy atom. The number of hydrogen-bond acceptors (Lipinski definition) is 6. The minimum absolute atomic E-state index is 0.217. The molecule has 6 nitrogen and oxygen atoms in total. The van der Waals surface area contributed by atoms with E-state index in [1.807, 2.05) is 0 Å². The van der Waals surface area contributed by atoms with Gasteiger partial charge in [0.2, 0.25) is 5.95 Å². The van der Waals surface area contributed by atoms with Crippen LogP contribution in [0.2, 0.25) is 0 Å². The molecule has 146 valence electrons. The van der Waals surface area contributed by atoms with Gasteiger partial charge in [0.05, 0.1) is 30.2 Å². The van der Waals surface area contributed by atoms with Crippen molar-refractivity contribution >= 4 is 5.95 Å². The third kappa shape index (κ3) is 5.38. The van der Waals surface area contributed by atoms with Crippen molar-refractivity contribution in [1.82, 2.24) is 14.9 Å². The SMILES string of the molecule is NCc1cc(-c2ccc(C(F)(F)F)cc2)nc(NCCN2CCOCC2)n1. The van der Waals surface area contributed by atoms with Crippen LogP contribution in [0.3, 0.4) is 0 Å². The molecule has 0 aliphatic carbocycles. The summed E-state index contributed by atoms with van der Waals surface area (Å²) in [5.41, 5.74) is 6.75. The van der Waals surface area contributed by atoms with Crippen molar-refractivity contribution in [2.24, 2.45) is 5.73 Å². The first kappa shape index (κ1) is 19.5. The Kier molecular flexibility index (Phi) is 6.25. The first-order chi connectivity index (χ1) is 13.0. The van der Waals surface area contributed by atoms with Gasteiger partial charge in [-0.1, -0.05) is 12.1 Å². The van der Waals surface area contributed by atoms with Gasteiger partial charge >= 0.3 is 6.18 Å². The van der Waals surface area contributed by atoms with Gasteiger partial charge in [0.1, 0.15) is 0 Å². The van der Waals surface area contributed by atoms with Gasteiger partial charge in [0.15, 0.2) is 0 Å². The molecule has 0 radical (unpaired) electrons. The number of aromatic nitrogens is 2. The van der Waals surface area contributed by atoms with Gasteiger partial charge in [-0.3, -0.25) is 4.90 Å². The highest BCUT2D eigenvalue weighted by atomic mass is 19.4. The minimum Gasteiger partial charge on any atom is -0.379 e. The fourth-order valence-electron chi connectivity index (χ4n) is 2.81. The van der Waals surface area contributed by atoms with Crippen molar-refractivity contribution in [1.29, 1.82) is 0 Å². The van der Waals surface area contributed by atoms with Crippen LogP contribution in [0.5, 0.6) is 0 Å². The predicted molar refractivity (Wildman–Crippen MR) is 96.1 cm³/mol. The molecule has 3 N–H and O–H groups in total. The molecule has 2 heterocycles. The average Bonchev–Trinajstić information content (AvgIpc) is 2.68. The second-order valence-corrected chi connectivity index (χ2v) is 6.23. The monoisotopic (exact) mass is 381 g/mol. The van der Waals surface area contributed by atoms with Crippen LogP contribution in [-0.2, 0) is 17.5 Å². The molecule has 1 aromatic carbocycles. The zero-order valence-electron chi connectivity index (χ0n) is 14.8. The summed E-state index contributed by atoms with van der Waals surface area (Å²) in [7, 11) is 0. The molecule has 27 heavy (non-hydrogen) atoms. The van der Waals surface area contributed by atoms with E-state index in [1.165, 1.54) is 12.1 Å².